The average Bonchev–Trinajstić information content (AvgIpc) is 3.16. The molecule has 0 saturated heterocycles. The fraction of sp³-hybridized carbons (Fsp3) is 0.100. The standard InChI is InChI=1S/C20H19N3O/c1-16(22-20(24)11-10-17-6-3-2-4-7-17)18-8-5-9-19(14-18)23-13-12-21-15-23/h2-16H,1H3,(H,22,24)/b11-10+/t16-/m0/s1. The molecule has 0 unspecified atom stereocenters. The Bertz CT molecular complexity index is 823. The highest BCUT2D eigenvalue weighted by Crippen LogP contribution is 2.17. The van der Waals surface area contributed by atoms with Gasteiger partial charge < -0.3 is 9.88 Å². The monoisotopic (exact) mass is 317 g/mol. The summed E-state index contributed by atoms with van der Waals surface area (Å²) in [5, 5.41) is 2.99. The van der Waals surface area contributed by atoms with Crippen LogP contribution < -0.4 is 5.32 Å². The molecule has 1 atom stereocenters. The van der Waals surface area contributed by atoms with Gasteiger partial charge in [0.05, 0.1) is 12.4 Å². The Kier molecular flexibility index (Phi) is 4.87. The molecular weight excluding hydrogens is 298 g/mol. The van der Waals surface area contributed by atoms with E-state index in [-0.39, 0.29) is 11.9 Å². The van der Waals surface area contributed by atoms with Crippen LogP contribution in [0.3, 0.4) is 0 Å². The summed E-state index contributed by atoms with van der Waals surface area (Å²) in [5.41, 5.74) is 3.07. The van der Waals surface area contributed by atoms with Gasteiger partial charge in [0, 0.05) is 24.2 Å². The van der Waals surface area contributed by atoms with Gasteiger partial charge in [0.1, 0.15) is 0 Å². The molecule has 0 aliphatic carbocycles. The molecule has 0 aliphatic rings. The van der Waals surface area contributed by atoms with Gasteiger partial charge in [-0.2, -0.15) is 0 Å². The van der Waals surface area contributed by atoms with Gasteiger partial charge in [0.2, 0.25) is 5.91 Å². The first-order valence-electron chi connectivity index (χ1n) is 7.84. The molecule has 0 saturated carbocycles. The van der Waals surface area contributed by atoms with E-state index < -0.39 is 0 Å². The minimum atomic E-state index is -0.112. The van der Waals surface area contributed by atoms with E-state index in [0.29, 0.717) is 0 Å². The van der Waals surface area contributed by atoms with Crippen LogP contribution in [0.1, 0.15) is 24.1 Å². The maximum Gasteiger partial charge on any atom is 0.244 e. The van der Waals surface area contributed by atoms with Gasteiger partial charge in [-0.3, -0.25) is 4.79 Å². The molecule has 0 bridgehead atoms. The number of aromatic nitrogens is 2. The lowest BCUT2D eigenvalue weighted by molar-refractivity contribution is -0.117. The largest absolute Gasteiger partial charge is 0.346 e. The summed E-state index contributed by atoms with van der Waals surface area (Å²) in [6.45, 7) is 1.97. The van der Waals surface area contributed by atoms with Gasteiger partial charge in [-0.25, -0.2) is 4.98 Å². The lowest BCUT2D eigenvalue weighted by Gasteiger charge is -2.14. The summed E-state index contributed by atoms with van der Waals surface area (Å²) >= 11 is 0. The number of nitrogens with one attached hydrogen (secondary N) is 1. The minimum Gasteiger partial charge on any atom is -0.346 e. The molecule has 1 amide bonds. The summed E-state index contributed by atoms with van der Waals surface area (Å²) < 4.78 is 1.94. The van der Waals surface area contributed by atoms with Gasteiger partial charge in [-0.05, 0) is 36.3 Å². The maximum absolute atomic E-state index is 12.1. The SMILES string of the molecule is C[C@H](NC(=O)/C=C/c1ccccc1)c1cccc(-n2ccnc2)c1. The van der Waals surface area contributed by atoms with E-state index in [1.54, 1.807) is 18.6 Å². The molecule has 0 spiro atoms. The van der Waals surface area contributed by atoms with Crippen LogP contribution >= 0.6 is 0 Å². The first kappa shape index (κ1) is 15.7. The number of hydrogen-bond acceptors (Lipinski definition) is 2. The minimum absolute atomic E-state index is 0.0820. The van der Waals surface area contributed by atoms with Crippen LogP contribution in [0.25, 0.3) is 11.8 Å². The van der Waals surface area contributed by atoms with Gasteiger partial charge in [-0.15, -0.1) is 0 Å². The van der Waals surface area contributed by atoms with E-state index in [2.05, 4.69) is 10.3 Å². The summed E-state index contributed by atoms with van der Waals surface area (Å²) in [6, 6.07) is 17.7. The van der Waals surface area contributed by atoms with Crippen molar-refractivity contribution < 1.29 is 4.79 Å². The molecule has 3 aromatic rings. The van der Waals surface area contributed by atoms with Crippen LogP contribution in [0, 0.1) is 0 Å². The highest BCUT2D eigenvalue weighted by atomic mass is 16.1. The zero-order chi connectivity index (χ0) is 16.8. The van der Waals surface area contributed by atoms with Crippen molar-refractivity contribution in [2.24, 2.45) is 0 Å². The first-order chi connectivity index (χ1) is 11.7. The fourth-order valence-electron chi connectivity index (χ4n) is 2.45. The average molecular weight is 317 g/mol. The van der Waals surface area contributed by atoms with E-state index in [0.717, 1.165) is 16.8 Å². The van der Waals surface area contributed by atoms with Crippen LogP contribution in [-0.2, 0) is 4.79 Å². The Balaban J connectivity index is 1.66. The number of hydrogen-bond donors (Lipinski definition) is 1. The Morgan fingerprint density at radius 3 is 2.75 bits per heavy atom. The molecule has 0 fully saturated rings. The second-order valence-electron chi connectivity index (χ2n) is 5.54. The summed E-state index contributed by atoms with van der Waals surface area (Å²) in [7, 11) is 0. The maximum atomic E-state index is 12.1. The highest BCUT2D eigenvalue weighted by Gasteiger charge is 2.08. The number of carbonyl (C=O) groups excluding carboxylic acids is 1. The van der Waals surface area contributed by atoms with Gasteiger partial charge in [-0.1, -0.05) is 42.5 Å². The fourth-order valence-corrected chi connectivity index (χ4v) is 2.45. The molecular formula is C20H19N3O. The number of nitrogens with zero attached hydrogens (tertiary/aromatic N) is 2. The molecule has 1 N–H and O–H groups in total. The topological polar surface area (TPSA) is 46.9 Å². The Morgan fingerprint density at radius 2 is 2.00 bits per heavy atom. The van der Waals surface area contributed by atoms with Gasteiger partial charge >= 0.3 is 0 Å². The van der Waals surface area contributed by atoms with Crippen molar-refractivity contribution >= 4 is 12.0 Å². The predicted octanol–water partition coefficient (Wildman–Crippen LogP) is 3.76. The molecule has 2 aromatic carbocycles. The molecule has 1 aromatic heterocycles. The predicted molar refractivity (Wildman–Crippen MR) is 95.6 cm³/mol. The van der Waals surface area contributed by atoms with E-state index in [1.165, 1.54) is 0 Å². The quantitative estimate of drug-likeness (QED) is 0.728. The number of imidazole rings is 1. The first-order valence-corrected chi connectivity index (χ1v) is 7.84. The third kappa shape index (κ3) is 3.98. The van der Waals surface area contributed by atoms with Crippen LogP contribution in [0.4, 0.5) is 0 Å². The van der Waals surface area contributed by atoms with Crippen LogP contribution in [-0.4, -0.2) is 15.5 Å². The second kappa shape index (κ2) is 7.42. The highest BCUT2D eigenvalue weighted by molar-refractivity contribution is 5.91. The zero-order valence-electron chi connectivity index (χ0n) is 13.5. The number of amides is 1. The molecule has 0 aliphatic heterocycles. The van der Waals surface area contributed by atoms with Crippen molar-refractivity contribution in [3.8, 4) is 5.69 Å². The van der Waals surface area contributed by atoms with Crippen molar-refractivity contribution in [2.45, 2.75) is 13.0 Å². The normalized spacial score (nSPS) is 12.2. The van der Waals surface area contributed by atoms with Crippen LogP contribution in [0.5, 0.6) is 0 Å². The van der Waals surface area contributed by atoms with E-state index >= 15 is 0 Å². The lowest BCUT2D eigenvalue weighted by atomic mass is 10.1. The molecule has 4 heteroatoms. The van der Waals surface area contributed by atoms with Crippen LogP contribution in [0.15, 0.2) is 79.4 Å². The summed E-state index contributed by atoms with van der Waals surface area (Å²) in [5.74, 6) is -0.112. The van der Waals surface area contributed by atoms with Gasteiger partial charge in [0.25, 0.3) is 0 Å². The van der Waals surface area contributed by atoms with Crippen molar-refractivity contribution in [3.63, 3.8) is 0 Å². The number of carbonyl (C=O) groups is 1. The van der Waals surface area contributed by atoms with Gasteiger partial charge in [0.15, 0.2) is 0 Å². The Labute approximate surface area is 141 Å². The third-order valence-electron chi connectivity index (χ3n) is 3.76. The van der Waals surface area contributed by atoms with E-state index in [4.69, 9.17) is 0 Å². The Morgan fingerprint density at radius 1 is 1.17 bits per heavy atom. The van der Waals surface area contributed by atoms with E-state index in [9.17, 15) is 4.79 Å². The third-order valence-corrected chi connectivity index (χ3v) is 3.76. The molecule has 24 heavy (non-hydrogen) atoms. The van der Waals surface area contributed by atoms with Crippen molar-refractivity contribution in [2.75, 3.05) is 0 Å². The van der Waals surface area contributed by atoms with Crippen LogP contribution in [0.2, 0.25) is 0 Å². The summed E-state index contributed by atoms with van der Waals surface area (Å²) in [4.78, 5) is 16.2. The zero-order valence-corrected chi connectivity index (χ0v) is 13.5. The second-order valence-corrected chi connectivity index (χ2v) is 5.54. The smallest absolute Gasteiger partial charge is 0.244 e. The number of benzene rings is 2. The Hall–Kier alpha value is -3.14. The van der Waals surface area contributed by atoms with Crippen molar-refractivity contribution in [1.29, 1.82) is 0 Å². The number of rotatable bonds is 5. The molecule has 1 heterocycles. The molecule has 4 nitrogen and oxygen atoms in total. The molecule has 120 valence electrons. The lowest BCUT2D eigenvalue weighted by Crippen LogP contribution is -2.24. The molecule has 0 radical (unpaired) electrons. The van der Waals surface area contributed by atoms with E-state index in [1.807, 2.05) is 78.4 Å². The van der Waals surface area contributed by atoms with Crippen molar-refractivity contribution in [3.05, 3.63) is 90.5 Å². The molecule has 3 rings (SSSR count). The summed E-state index contributed by atoms with van der Waals surface area (Å²) in [6.07, 6.45) is 8.76. The van der Waals surface area contributed by atoms with Crippen molar-refractivity contribution in [1.82, 2.24) is 14.9 Å².